The molecule has 1 N–H and O–H groups in total. The number of aromatic nitrogens is 3. The largest absolute Gasteiger partial charge is 0.497 e. The Bertz CT molecular complexity index is 1020. The van der Waals surface area contributed by atoms with Gasteiger partial charge in [-0.25, -0.2) is 9.07 Å². The monoisotopic (exact) mass is 422 g/mol. The Kier molecular flexibility index (Phi) is 5.86. The number of carbonyl (C=O) groups is 1. The van der Waals surface area contributed by atoms with Crippen molar-refractivity contribution >= 4 is 29.1 Å². The molecule has 0 aliphatic heterocycles. The molecule has 28 heavy (non-hydrogen) atoms. The number of nitrogens with one attached hydrogen (secondary N) is 1. The zero-order valence-corrected chi connectivity index (χ0v) is 16.8. The first-order valence-electron chi connectivity index (χ1n) is 8.34. The van der Waals surface area contributed by atoms with Crippen LogP contribution >= 0.6 is 23.2 Å². The summed E-state index contributed by atoms with van der Waals surface area (Å²) in [4.78, 5) is 12.6. The molecule has 1 unspecified atom stereocenters. The number of amides is 1. The number of hydrogen-bond acceptors (Lipinski definition) is 4. The van der Waals surface area contributed by atoms with Gasteiger partial charge in [0.05, 0.1) is 29.6 Å². The highest BCUT2D eigenvalue weighted by molar-refractivity contribution is 6.35. The van der Waals surface area contributed by atoms with Crippen molar-refractivity contribution in [3.63, 3.8) is 0 Å². The standard InChI is InChI=1S/C19H17Cl2FN4O2/c1-10(14-8-17(22)16(21)9-15(14)20)23-19(27)18-11(2)26(25-24-18)12-4-6-13(28-3)7-5-12/h4-10H,1-3H3,(H,23,27). The summed E-state index contributed by atoms with van der Waals surface area (Å²) in [5.74, 6) is -0.347. The van der Waals surface area contributed by atoms with E-state index in [2.05, 4.69) is 15.6 Å². The van der Waals surface area contributed by atoms with E-state index in [0.717, 1.165) is 5.69 Å². The number of carbonyl (C=O) groups excluding carboxylic acids is 1. The van der Waals surface area contributed by atoms with Gasteiger partial charge in [0.15, 0.2) is 5.69 Å². The van der Waals surface area contributed by atoms with E-state index in [1.54, 1.807) is 49.9 Å². The lowest BCUT2D eigenvalue weighted by Crippen LogP contribution is -2.28. The average molecular weight is 423 g/mol. The second-order valence-electron chi connectivity index (χ2n) is 6.12. The van der Waals surface area contributed by atoms with Crippen LogP contribution in [0.15, 0.2) is 36.4 Å². The molecule has 1 atom stereocenters. The Hall–Kier alpha value is -2.64. The van der Waals surface area contributed by atoms with Crippen LogP contribution in [-0.2, 0) is 0 Å². The average Bonchev–Trinajstić information content (AvgIpc) is 3.06. The minimum absolute atomic E-state index is 0.0782. The van der Waals surface area contributed by atoms with Crippen molar-refractivity contribution in [2.24, 2.45) is 0 Å². The van der Waals surface area contributed by atoms with Gasteiger partial charge in [0.25, 0.3) is 5.91 Å². The molecule has 6 nitrogen and oxygen atoms in total. The van der Waals surface area contributed by atoms with Crippen molar-refractivity contribution < 1.29 is 13.9 Å². The Labute approximate surface area is 171 Å². The minimum atomic E-state index is -0.608. The zero-order valence-electron chi connectivity index (χ0n) is 15.3. The summed E-state index contributed by atoms with van der Waals surface area (Å²) in [6.45, 7) is 3.43. The number of ether oxygens (including phenoxy) is 1. The molecule has 0 saturated carbocycles. The van der Waals surface area contributed by atoms with Gasteiger partial charge in [0.2, 0.25) is 0 Å². The third-order valence-electron chi connectivity index (χ3n) is 4.28. The van der Waals surface area contributed by atoms with Crippen molar-refractivity contribution in [3.8, 4) is 11.4 Å². The Balaban J connectivity index is 1.81. The second kappa shape index (κ2) is 8.16. The Morgan fingerprint density at radius 1 is 1.21 bits per heavy atom. The molecule has 0 aliphatic carbocycles. The van der Waals surface area contributed by atoms with Crippen LogP contribution in [-0.4, -0.2) is 28.0 Å². The Morgan fingerprint density at radius 3 is 2.54 bits per heavy atom. The molecule has 0 radical (unpaired) electrons. The number of hydrogen-bond donors (Lipinski definition) is 1. The molecule has 9 heteroatoms. The second-order valence-corrected chi connectivity index (χ2v) is 6.93. The highest BCUT2D eigenvalue weighted by atomic mass is 35.5. The first-order chi connectivity index (χ1) is 13.3. The quantitative estimate of drug-likeness (QED) is 0.613. The highest BCUT2D eigenvalue weighted by Gasteiger charge is 2.21. The van der Waals surface area contributed by atoms with Gasteiger partial charge in [0.1, 0.15) is 11.6 Å². The number of benzene rings is 2. The van der Waals surface area contributed by atoms with Crippen LogP contribution in [0.5, 0.6) is 5.75 Å². The van der Waals surface area contributed by atoms with Gasteiger partial charge in [-0.2, -0.15) is 0 Å². The molecule has 3 aromatic rings. The maximum atomic E-state index is 13.8. The molecular weight excluding hydrogens is 406 g/mol. The summed E-state index contributed by atoms with van der Waals surface area (Å²) < 4.78 is 20.4. The lowest BCUT2D eigenvalue weighted by molar-refractivity contribution is 0.0934. The number of rotatable bonds is 5. The summed E-state index contributed by atoms with van der Waals surface area (Å²) in [7, 11) is 1.58. The van der Waals surface area contributed by atoms with Crippen LogP contribution in [0.3, 0.4) is 0 Å². The molecular formula is C19H17Cl2FN4O2. The van der Waals surface area contributed by atoms with E-state index >= 15 is 0 Å². The molecule has 0 spiro atoms. The maximum absolute atomic E-state index is 13.8. The third-order valence-corrected chi connectivity index (χ3v) is 4.90. The molecule has 1 aromatic heterocycles. The van der Waals surface area contributed by atoms with Gasteiger partial charge < -0.3 is 10.1 Å². The van der Waals surface area contributed by atoms with Gasteiger partial charge >= 0.3 is 0 Å². The van der Waals surface area contributed by atoms with E-state index in [0.29, 0.717) is 17.0 Å². The summed E-state index contributed by atoms with van der Waals surface area (Å²) in [5.41, 5.74) is 1.87. The molecule has 0 fully saturated rings. The number of methoxy groups -OCH3 is 1. The summed E-state index contributed by atoms with van der Waals surface area (Å²) in [6, 6.07) is 9.14. The van der Waals surface area contributed by atoms with Crippen LogP contribution in [0, 0.1) is 12.7 Å². The predicted molar refractivity (Wildman–Crippen MR) is 105 cm³/mol. The fraction of sp³-hybridized carbons (Fsp3) is 0.211. The highest BCUT2D eigenvalue weighted by Crippen LogP contribution is 2.29. The van der Waals surface area contributed by atoms with Crippen LogP contribution in [0.1, 0.15) is 34.7 Å². The topological polar surface area (TPSA) is 69.0 Å². The summed E-state index contributed by atoms with van der Waals surface area (Å²) in [5, 5.41) is 11.0. The van der Waals surface area contributed by atoms with Crippen molar-refractivity contribution in [2.45, 2.75) is 19.9 Å². The van der Waals surface area contributed by atoms with Gasteiger partial charge in [-0.05, 0) is 55.8 Å². The van der Waals surface area contributed by atoms with Crippen LogP contribution in [0.4, 0.5) is 4.39 Å². The third kappa shape index (κ3) is 3.95. The van der Waals surface area contributed by atoms with Gasteiger partial charge in [-0.3, -0.25) is 4.79 Å². The van der Waals surface area contributed by atoms with E-state index in [1.165, 1.54) is 12.1 Å². The fourth-order valence-corrected chi connectivity index (χ4v) is 3.27. The van der Waals surface area contributed by atoms with Gasteiger partial charge in [-0.1, -0.05) is 28.4 Å². The van der Waals surface area contributed by atoms with E-state index in [1.807, 2.05) is 0 Å². The Morgan fingerprint density at radius 2 is 1.89 bits per heavy atom. The van der Waals surface area contributed by atoms with Gasteiger partial charge in [-0.15, -0.1) is 5.10 Å². The number of nitrogens with zero attached hydrogens (tertiary/aromatic N) is 3. The van der Waals surface area contributed by atoms with E-state index < -0.39 is 17.8 Å². The van der Waals surface area contributed by atoms with Crippen molar-refractivity contribution in [1.82, 2.24) is 20.3 Å². The van der Waals surface area contributed by atoms with Crippen molar-refractivity contribution in [2.75, 3.05) is 7.11 Å². The van der Waals surface area contributed by atoms with Crippen LogP contribution in [0.25, 0.3) is 5.69 Å². The molecule has 2 aromatic carbocycles. The number of halogens is 3. The van der Waals surface area contributed by atoms with E-state index in [9.17, 15) is 9.18 Å². The molecule has 0 aliphatic rings. The van der Waals surface area contributed by atoms with Crippen molar-refractivity contribution in [1.29, 1.82) is 0 Å². The molecule has 3 rings (SSSR count). The van der Waals surface area contributed by atoms with E-state index in [-0.39, 0.29) is 15.7 Å². The van der Waals surface area contributed by atoms with E-state index in [4.69, 9.17) is 27.9 Å². The van der Waals surface area contributed by atoms with Crippen LogP contribution in [0.2, 0.25) is 10.0 Å². The maximum Gasteiger partial charge on any atom is 0.274 e. The SMILES string of the molecule is COc1ccc(-n2nnc(C(=O)NC(C)c3cc(F)c(Cl)cc3Cl)c2C)cc1. The molecule has 0 saturated heterocycles. The molecule has 0 bridgehead atoms. The van der Waals surface area contributed by atoms with Crippen LogP contribution < -0.4 is 10.1 Å². The molecule has 146 valence electrons. The first-order valence-corrected chi connectivity index (χ1v) is 9.09. The molecule has 1 amide bonds. The molecule has 1 heterocycles. The predicted octanol–water partition coefficient (Wildman–Crippen LogP) is 4.52. The first kappa shape index (κ1) is 20.1. The smallest absolute Gasteiger partial charge is 0.274 e. The summed E-state index contributed by atoms with van der Waals surface area (Å²) >= 11 is 11.8. The lowest BCUT2D eigenvalue weighted by atomic mass is 10.1. The fourth-order valence-electron chi connectivity index (χ4n) is 2.72. The normalized spacial score (nSPS) is 11.9. The van der Waals surface area contributed by atoms with Crippen molar-refractivity contribution in [3.05, 3.63) is 69.2 Å². The zero-order chi connectivity index (χ0) is 20.4. The van der Waals surface area contributed by atoms with Gasteiger partial charge in [0, 0.05) is 5.02 Å². The minimum Gasteiger partial charge on any atom is -0.497 e. The lowest BCUT2D eigenvalue weighted by Gasteiger charge is -2.16. The summed E-state index contributed by atoms with van der Waals surface area (Å²) in [6.07, 6.45) is 0.